The Kier molecular flexibility index (Phi) is 5.12. The molecule has 0 bridgehead atoms. The lowest BCUT2D eigenvalue weighted by Gasteiger charge is -2.29. The number of thiophene rings is 1. The lowest BCUT2D eigenvalue weighted by Crippen LogP contribution is -2.44. The van der Waals surface area contributed by atoms with Gasteiger partial charge in [0.05, 0.1) is 18.9 Å². The van der Waals surface area contributed by atoms with Crippen molar-refractivity contribution < 1.29 is 9.53 Å². The molecule has 9 heteroatoms. The van der Waals surface area contributed by atoms with Crippen LogP contribution in [0.4, 0.5) is 0 Å². The number of aryl methyl sites for hydroxylation is 1. The van der Waals surface area contributed by atoms with E-state index in [0.29, 0.717) is 37.7 Å². The number of aliphatic imine (C=N–C) groups is 1. The topological polar surface area (TPSA) is 72.6 Å². The molecule has 2 atom stereocenters. The summed E-state index contributed by atoms with van der Waals surface area (Å²) >= 11 is 8.39. The van der Waals surface area contributed by atoms with E-state index in [0.717, 1.165) is 39.9 Å². The second-order valence-corrected chi connectivity index (χ2v) is 10.3. The van der Waals surface area contributed by atoms with Crippen molar-refractivity contribution in [3.05, 3.63) is 62.5 Å². The number of carbonyl (C=O) groups excluding carboxylic acids is 1. The molecule has 7 nitrogen and oxygen atoms in total. The van der Waals surface area contributed by atoms with Crippen molar-refractivity contribution in [2.45, 2.75) is 32.7 Å². The summed E-state index contributed by atoms with van der Waals surface area (Å²) in [5.74, 6) is 1.87. The number of halogens is 1. The fraction of sp³-hybridized carbons (Fsp3) is 0.417. The highest BCUT2D eigenvalue weighted by atomic mass is 35.5. The maximum Gasteiger partial charge on any atom is 0.226 e. The third-order valence-electron chi connectivity index (χ3n) is 6.74. The summed E-state index contributed by atoms with van der Waals surface area (Å²) in [5, 5.41) is 10.5. The van der Waals surface area contributed by atoms with Crippen molar-refractivity contribution >= 4 is 34.6 Å². The zero-order valence-electron chi connectivity index (χ0n) is 18.5. The smallest absolute Gasteiger partial charge is 0.226 e. The number of fused-ring (bicyclic) bond motifs is 5. The predicted octanol–water partition coefficient (Wildman–Crippen LogP) is 3.78. The molecule has 170 valence electrons. The second-order valence-electron chi connectivity index (χ2n) is 8.80. The molecule has 0 N–H and O–H groups in total. The molecule has 0 unspecified atom stereocenters. The minimum atomic E-state index is -0.167. The summed E-state index contributed by atoms with van der Waals surface area (Å²) in [7, 11) is 0. The SMILES string of the molecule is Cc1nnc2n1-c1sc3c(c1C(c1ccccc1Cl)=N[C@@H]2C)C[C@H](C(=O)N1CCOCC1)C3. The van der Waals surface area contributed by atoms with Crippen LogP contribution < -0.4 is 0 Å². The lowest BCUT2D eigenvalue weighted by atomic mass is 9.97. The normalized spacial score (nSPS) is 21.8. The molecular weight excluding hydrogens is 458 g/mol. The quantitative estimate of drug-likeness (QED) is 0.558. The highest BCUT2D eigenvalue weighted by Gasteiger charge is 2.39. The summed E-state index contributed by atoms with van der Waals surface area (Å²) in [4.78, 5) is 21.6. The van der Waals surface area contributed by atoms with Crippen LogP contribution in [0.2, 0.25) is 5.02 Å². The Labute approximate surface area is 201 Å². The zero-order chi connectivity index (χ0) is 22.7. The molecular formula is C24H24ClN5O2S. The molecule has 0 spiro atoms. The van der Waals surface area contributed by atoms with Gasteiger partial charge in [-0.3, -0.25) is 14.4 Å². The maximum absolute atomic E-state index is 13.3. The van der Waals surface area contributed by atoms with Crippen LogP contribution in [-0.4, -0.2) is 57.6 Å². The molecule has 0 radical (unpaired) electrons. The van der Waals surface area contributed by atoms with Crippen LogP contribution in [0.3, 0.4) is 0 Å². The molecule has 4 heterocycles. The number of hydrogen-bond acceptors (Lipinski definition) is 6. The predicted molar refractivity (Wildman–Crippen MR) is 128 cm³/mol. The van der Waals surface area contributed by atoms with Gasteiger partial charge in [-0.1, -0.05) is 29.8 Å². The fourth-order valence-corrected chi connectivity index (χ4v) is 6.80. The van der Waals surface area contributed by atoms with E-state index in [-0.39, 0.29) is 17.9 Å². The molecule has 3 aromatic rings. The number of nitrogens with zero attached hydrogens (tertiary/aromatic N) is 5. The Hall–Kier alpha value is -2.55. The number of amides is 1. The summed E-state index contributed by atoms with van der Waals surface area (Å²) in [6.45, 7) is 6.60. The first-order chi connectivity index (χ1) is 16.0. The summed E-state index contributed by atoms with van der Waals surface area (Å²) in [6.07, 6.45) is 1.47. The highest BCUT2D eigenvalue weighted by Crippen LogP contribution is 2.45. The van der Waals surface area contributed by atoms with E-state index in [1.165, 1.54) is 10.4 Å². The van der Waals surface area contributed by atoms with E-state index in [1.807, 2.05) is 43.0 Å². The minimum absolute atomic E-state index is 0.0377. The van der Waals surface area contributed by atoms with Gasteiger partial charge in [0.15, 0.2) is 5.82 Å². The van der Waals surface area contributed by atoms with Crippen LogP contribution in [0.15, 0.2) is 29.3 Å². The molecule has 3 aliphatic rings. The number of ether oxygens (including phenoxy) is 1. The van der Waals surface area contributed by atoms with Crippen molar-refractivity contribution in [2.24, 2.45) is 10.9 Å². The van der Waals surface area contributed by atoms with Crippen molar-refractivity contribution in [2.75, 3.05) is 26.3 Å². The highest BCUT2D eigenvalue weighted by molar-refractivity contribution is 7.15. The monoisotopic (exact) mass is 481 g/mol. The Morgan fingerprint density at radius 1 is 1.18 bits per heavy atom. The molecule has 1 aromatic carbocycles. The molecule has 2 aliphatic heterocycles. The van der Waals surface area contributed by atoms with Crippen LogP contribution in [0, 0.1) is 12.8 Å². The first-order valence-corrected chi connectivity index (χ1v) is 12.5. The van der Waals surface area contributed by atoms with Crippen LogP contribution in [-0.2, 0) is 22.4 Å². The van der Waals surface area contributed by atoms with Crippen LogP contribution in [0.5, 0.6) is 0 Å². The molecule has 1 aliphatic carbocycles. The van der Waals surface area contributed by atoms with Crippen LogP contribution >= 0.6 is 22.9 Å². The summed E-state index contributed by atoms with van der Waals surface area (Å²) in [5.41, 5.74) is 4.08. The van der Waals surface area contributed by atoms with E-state index in [1.54, 1.807) is 11.3 Å². The number of rotatable bonds is 2. The van der Waals surface area contributed by atoms with Gasteiger partial charge < -0.3 is 9.64 Å². The largest absolute Gasteiger partial charge is 0.378 e. The Bertz CT molecular complexity index is 1290. The van der Waals surface area contributed by atoms with Gasteiger partial charge >= 0.3 is 0 Å². The minimum Gasteiger partial charge on any atom is -0.378 e. The molecule has 33 heavy (non-hydrogen) atoms. The van der Waals surface area contributed by atoms with E-state index in [9.17, 15) is 4.79 Å². The zero-order valence-corrected chi connectivity index (χ0v) is 20.1. The Morgan fingerprint density at radius 2 is 1.97 bits per heavy atom. The third-order valence-corrected chi connectivity index (χ3v) is 8.31. The van der Waals surface area contributed by atoms with Gasteiger partial charge in [0.2, 0.25) is 5.91 Å². The van der Waals surface area contributed by atoms with Crippen molar-refractivity contribution in [3.63, 3.8) is 0 Å². The first kappa shape index (κ1) is 21.0. The van der Waals surface area contributed by atoms with Gasteiger partial charge in [0.1, 0.15) is 16.9 Å². The number of morpholine rings is 1. The molecule has 1 amide bonds. The number of carbonyl (C=O) groups is 1. The summed E-state index contributed by atoms with van der Waals surface area (Å²) < 4.78 is 7.57. The van der Waals surface area contributed by atoms with Crippen LogP contribution in [0.25, 0.3) is 5.00 Å². The first-order valence-electron chi connectivity index (χ1n) is 11.3. The lowest BCUT2D eigenvalue weighted by molar-refractivity contribution is -0.139. The maximum atomic E-state index is 13.3. The average molecular weight is 482 g/mol. The van der Waals surface area contributed by atoms with E-state index >= 15 is 0 Å². The third kappa shape index (κ3) is 3.34. The van der Waals surface area contributed by atoms with Crippen molar-refractivity contribution in [3.8, 4) is 5.00 Å². The Balaban J connectivity index is 1.48. The van der Waals surface area contributed by atoms with E-state index in [4.69, 9.17) is 21.3 Å². The standard InChI is InChI=1S/C24H24ClN5O2S/c1-13-22-28-27-14(2)30(22)24-20(21(26-13)16-5-3-4-6-18(16)25)17-11-15(12-19(17)33-24)23(31)29-7-9-32-10-8-29/h3-6,13,15H,7-12H2,1-2H3/t13-,15+/m1/s1. The van der Waals surface area contributed by atoms with E-state index < -0.39 is 0 Å². The van der Waals surface area contributed by atoms with Gasteiger partial charge in [-0.15, -0.1) is 21.5 Å². The molecule has 1 saturated heterocycles. The molecule has 6 rings (SSSR count). The molecule has 2 aromatic heterocycles. The van der Waals surface area contributed by atoms with Crippen molar-refractivity contribution in [1.29, 1.82) is 0 Å². The van der Waals surface area contributed by atoms with Gasteiger partial charge in [-0.25, -0.2) is 0 Å². The Morgan fingerprint density at radius 3 is 2.76 bits per heavy atom. The van der Waals surface area contributed by atoms with Crippen molar-refractivity contribution in [1.82, 2.24) is 19.7 Å². The number of aromatic nitrogens is 3. The summed E-state index contributed by atoms with van der Waals surface area (Å²) in [6, 6.07) is 7.67. The van der Waals surface area contributed by atoms with Gasteiger partial charge in [-0.2, -0.15) is 0 Å². The average Bonchev–Trinajstić information content (AvgIpc) is 3.48. The second kappa shape index (κ2) is 8.04. The van der Waals surface area contributed by atoms with Gasteiger partial charge in [0, 0.05) is 40.0 Å². The number of benzene rings is 1. The van der Waals surface area contributed by atoms with Gasteiger partial charge in [0.25, 0.3) is 0 Å². The van der Waals surface area contributed by atoms with E-state index in [2.05, 4.69) is 14.8 Å². The molecule has 0 saturated carbocycles. The number of hydrogen-bond donors (Lipinski definition) is 0. The molecule has 1 fully saturated rings. The fourth-order valence-electron chi connectivity index (χ4n) is 5.11. The van der Waals surface area contributed by atoms with Gasteiger partial charge in [-0.05, 0) is 38.3 Å². The van der Waals surface area contributed by atoms with Crippen LogP contribution in [0.1, 0.15) is 46.2 Å².